The van der Waals surface area contributed by atoms with Gasteiger partial charge in [-0.25, -0.2) is 0 Å². The number of aliphatic hydroxyl groups excluding tert-OH is 1. The molecule has 0 saturated heterocycles. The van der Waals surface area contributed by atoms with E-state index in [9.17, 15) is 14.7 Å². The molecule has 2 N–H and O–H groups in total. The zero-order valence-electron chi connectivity index (χ0n) is 10.3. The van der Waals surface area contributed by atoms with Crippen molar-refractivity contribution in [1.82, 2.24) is 10.2 Å². The number of hydrogen-bond acceptors (Lipinski definition) is 3. The Balaban J connectivity index is 2.39. The van der Waals surface area contributed by atoms with Gasteiger partial charge in [-0.3, -0.25) is 9.59 Å². The van der Waals surface area contributed by atoms with Crippen molar-refractivity contribution in [2.75, 3.05) is 13.6 Å². The first-order valence-corrected chi connectivity index (χ1v) is 5.44. The minimum atomic E-state index is -0.358. The highest BCUT2D eigenvalue weighted by Crippen LogP contribution is 2.40. The molecule has 5 nitrogen and oxygen atoms in total. The molecule has 0 heterocycles. The van der Waals surface area contributed by atoms with Crippen molar-refractivity contribution < 1.29 is 14.7 Å². The molecule has 16 heavy (non-hydrogen) atoms. The highest BCUT2D eigenvalue weighted by molar-refractivity contribution is 5.83. The highest BCUT2D eigenvalue weighted by Gasteiger charge is 2.47. The lowest BCUT2D eigenvalue weighted by molar-refractivity contribution is -0.136. The minimum absolute atomic E-state index is 0.00430. The van der Waals surface area contributed by atoms with Crippen LogP contribution in [0.1, 0.15) is 27.2 Å². The summed E-state index contributed by atoms with van der Waals surface area (Å²) in [7, 11) is 1.59. The largest absolute Gasteiger partial charge is 0.392 e. The Hall–Kier alpha value is -1.10. The highest BCUT2D eigenvalue weighted by atomic mass is 16.3. The lowest BCUT2D eigenvalue weighted by Crippen LogP contribution is -2.62. The summed E-state index contributed by atoms with van der Waals surface area (Å²) in [5.74, 6) is -0.314. The van der Waals surface area contributed by atoms with Crippen molar-refractivity contribution in [3.05, 3.63) is 0 Å². The first kappa shape index (κ1) is 13.0. The van der Waals surface area contributed by atoms with E-state index in [1.807, 2.05) is 13.8 Å². The molecule has 2 amide bonds. The molecule has 1 aliphatic rings. The molecule has 0 aromatic heterocycles. The molecular formula is C11H20N2O3. The van der Waals surface area contributed by atoms with Crippen molar-refractivity contribution in [2.45, 2.75) is 39.3 Å². The van der Waals surface area contributed by atoms with Crippen molar-refractivity contribution in [2.24, 2.45) is 5.41 Å². The second kappa shape index (κ2) is 4.41. The summed E-state index contributed by atoms with van der Waals surface area (Å²) in [6.45, 7) is 5.32. The third-order valence-corrected chi connectivity index (χ3v) is 3.47. The second-order valence-electron chi connectivity index (χ2n) is 5.07. The van der Waals surface area contributed by atoms with E-state index in [4.69, 9.17) is 0 Å². The normalized spacial score (nSPS) is 26.8. The average molecular weight is 228 g/mol. The van der Waals surface area contributed by atoms with Gasteiger partial charge >= 0.3 is 0 Å². The van der Waals surface area contributed by atoms with E-state index < -0.39 is 0 Å². The molecule has 5 heteroatoms. The monoisotopic (exact) mass is 228 g/mol. The number of aliphatic hydroxyl groups is 1. The zero-order chi connectivity index (χ0) is 12.5. The fraction of sp³-hybridized carbons (Fsp3) is 0.818. The lowest BCUT2D eigenvalue weighted by Gasteiger charge is -2.49. The van der Waals surface area contributed by atoms with Crippen LogP contribution in [0.4, 0.5) is 0 Å². The fourth-order valence-electron chi connectivity index (χ4n) is 1.71. The van der Waals surface area contributed by atoms with E-state index in [1.54, 1.807) is 7.05 Å². The number of nitrogens with zero attached hydrogens (tertiary/aromatic N) is 1. The Bertz CT molecular complexity index is 302. The van der Waals surface area contributed by atoms with Crippen molar-refractivity contribution >= 4 is 11.8 Å². The van der Waals surface area contributed by atoms with E-state index in [0.717, 1.165) is 0 Å². The molecule has 1 fully saturated rings. The van der Waals surface area contributed by atoms with Gasteiger partial charge < -0.3 is 15.3 Å². The summed E-state index contributed by atoms with van der Waals surface area (Å²) in [5.41, 5.74) is -0.273. The van der Waals surface area contributed by atoms with Gasteiger partial charge in [0.2, 0.25) is 11.8 Å². The molecule has 0 aromatic rings. The third-order valence-electron chi connectivity index (χ3n) is 3.47. The smallest absolute Gasteiger partial charge is 0.239 e. The maximum absolute atomic E-state index is 11.6. The number of rotatable bonds is 3. The molecule has 0 aromatic carbocycles. The number of carbonyl (C=O) groups is 2. The van der Waals surface area contributed by atoms with Gasteiger partial charge in [0.1, 0.15) is 0 Å². The standard InChI is InChI=1S/C11H20N2O3/c1-7(14)13(4)6-10(16)12-8-5-9(15)11(8,2)3/h8-9,15H,5-6H2,1-4H3,(H,12,16). The third kappa shape index (κ3) is 2.52. The molecule has 0 aliphatic heterocycles. The van der Waals surface area contributed by atoms with E-state index in [1.165, 1.54) is 11.8 Å². The van der Waals surface area contributed by atoms with Crippen LogP contribution in [0, 0.1) is 5.41 Å². The van der Waals surface area contributed by atoms with Crippen LogP contribution >= 0.6 is 0 Å². The topological polar surface area (TPSA) is 69.6 Å². The van der Waals surface area contributed by atoms with Crippen LogP contribution in [-0.2, 0) is 9.59 Å². The fourth-order valence-corrected chi connectivity index (χ4v) is 1.71. The predicted molar refractivity (Wildman–Crippen MR) is 59.6 cm³/mol. The van der Waals surface area contributed by atoms with Crippen molar-refractivity contribution in [3.63, 3.8) is 0 Å². The molecule has 0 bridgehead atoms. The van der Waals surface area contributed by atoms with E-state index >= 15 is 0 Å². The minimum Gasteiger partial charge on any atom is -0.392 e. The first-order valence-electron chi connectivity index (χ1n) is 5.44. The van der Waals surface area contributed by atoms with E-state index in [-0.39, 0.29) is 35.9 Å². The van der Waals surface area contributed by atoms with Gasteiger partial charge in [-0.2, -0.15) is 0 Å². The van der Waals surface area contributed by atoms with Crippen LogP contribution in [0.3, 0.4) is 0 Å². The maximum atomic E-state index is 11.6. The molecule has 2 atom stereocenters. The summed E-state index contributed by atoms with van der Waals surface area (Å²) >= 11 is 0. The number of hydrogen-bond donors (Lipinski definition) is 2. The van der Waals surface area contributed by atoms with Crippen LogP contribution in [0.5, 0.6) is 0 Å². The van der Waals surface area contributed by atoms with Gasteiger partial charge in [0.25, 0.3) is 0 Å². The number of likely N-dealkylation sites (N-methyl/N-ethyl adjacent to an activating group) is 1. The Kier molecular flexibility index (Phi) is 3.57. The van der Waals surface area contributed by atoms with Crippen LogP contribution in [0.25, 0.3) is 0 Å². The molecule has 2 unspecified atom stereocenters. The Labute approximate surface area is 95.8 Å². The van der Waals surface area contributed by atoms with Crippen LogP contribution in [0.15, 0.2) is 0 Å². The molecule has 1 rings (SSSR count). The zero-order valence-corrected chi connectivity index (χ0v) is 10.3. The van der Waals surface area contributed by atoms with Gasteiger partial charge in [-0.1, -0.05) is 13.8 Å². The molecular weight excluding hydrogens is 208 g/mol. The van der Waals surface area contributed by atoms with Crippen molar-refractivity contribution in [1.29, 1.82) is 0 Å². The quantitative estimate of drug-likeness (QED) is 0.699. The van der Waals surface area contributed by atoms with Crippen LogP contribution in [0.2, 0.25) is 0 Å². The Morgan fingerprint density at radius 1 is 1.50 bits per heavy atom. The summed E-state index contributed by atoms with van der Waals surface area (Å²) < 4.78 is 0. The van der Waals surface area contributed by atoms with Gasteiger partial charge in [-0.05, 0) is 6.42 Å². The van der Waals surface area contributed by atoms with Gasteiger partial charge in [-0.15, -0.1) is 0 Å². The number of carbonyl (C=O) groups excluding carboxylic acids is 2. The van der Waals surface area contributed by atoms with Crippen LogP contribution in [-0.4, -0.2) is 47.6 Å². The summed E-state index contributed by atoms with van der Waals surface area (Å²) in [6, 6.07) is -0.00430. The predicted octanol–water partition coefficient (Wildman–Crippen LogP) is -0.260. The molecule has 0 spiro atoms. The Morgan fingerprint density at radius 2 is 2.06 bits per heavy atom. The Morgan fingerprint density at radius 3 is 2.44 bits per heavy atom. The second-order valence-corrected chi connectivity index (χ2v) is 5.07. The first-order chi connectivity index (χ1) is 7.25. The molecule has 0 radical (unpaired) electrons. The number of nitrogens with one attached hydrogen (secondary N) is 1. The lowest BCUT2D eigenvalue weighted by atomic mass is 9.64. The van der Waals surface area contributed by atoms with Crippen molar-refractivity contribution in [3.8, 4) is 0 Å². The molecule has 1 aliphatic carbocycles. The van der Waals surface area contributed by atoms with E-state index in [2.05, 4.69) is 5.32 Å². The average Bonchev–Trinajstić information content (AvgIpc) is 2.17. The summed E-state index contributed by atoms with van der Waals surface area (Å²) in [5, 5.41) is 12.3. The van der Waals surface area contributed by atoms with Gasteiger partial charge in [0.15, 0.2) is 0 Å². The molecule has 1 saturated carbocycles. The maximum Gasteiger partial charge on any atom is 0.239 e. The molecule has 92 valence electrons. The number of amides is 2. The summed E-state index contributed by atoms with van der Waals surface area (Å²) in [4.78, 5) is 23.9. The van der Waals surface area contributed by atoms with E-state index in [0.29, 0.717) is 6.42 Å². The summed E-state index contributed by atoms with van der Waals surface area (Å²) in [6.07, 6.45) is 0.228. The van der Waals surface area contributed by atoms with Crippen LogP contribution < -0.4 is 5.32 Å². The van der Waals surface area contributed by atoms with Gasteiger partial charge in [0, 0.05) is 25.4 Å². The SMILES string of the molecule is CC(=O)N(C)CC(=O)NC1CC(O)C1(C)C. The van der Waals surface area contributed by atoms with Gasteiger partial charge in [0.05, 0.1) is 12.6 Å².